The summed E-state index contributed by atoms with van der Waals surface area (Å²) in [7, 11) is 0. The van der Waals surface area contributed by atoms with E-state index in [9.17, 15) is 17.6 Å². The Balaban J connectivity index is 2.42. The molecule has 5 heteroatoms. The van der Waals surface area contributed by atoms with Crippen molar-refractivity contribution in [3.8, 4) is 0 Å². The summed E-state index contributed by atoms with van der Waals surface area (Å²) in [4.78, 5) is 0. The van der Waals surface area contributed by atoms with Gasteiger partial charge in [0.15, 0.2) is 0 Å². The van der Waals surface area contributed by atoms with Gasteiger partial charge in [0.1, 0.15) is 5.82 Å². The second kappa shape index (κ2) is 4.91. The zero-order valence-corrected chi connectivity index (χ0v) is 9.84. The van der Waals surface area contributed by atoms with Gasteiger partial charge in [-0.2, -0.15) is 13.2 Å². The highest BCUT2D eigenvalue weighted by atomic mass is 19.4. The molecule has 0 atom stereocenters. The van der Waals surface area contributed by atoms with Crippen molar-refractivity contribution in [2.45, 2.75) is 12.6 Å². The van der Waals surface area contributed by atoms with E-state index in [4.69, 9.17) is 5.73 Å². The van der Waals surface area contributed by atoms with Crippen molar-refractivity contribution in [3.63, 3.8) is 0 Å². The van der Waals surface area contributed by atoms with Gasteiger partial charge >= 0.3 is 6.18 Å². The first-order chi connectivity index (χ1) is 8.89. The molecule has 0 bridgehead atoms. The Bertz CT molecular complexity index is 590. The van der Waals surface area contributed by atoms with E-state index >= 15 is 0 Å². The Labute approximate surface area is 107 Å². The molecule has 0 radical (unpaired) electrons. The van der Waals surface area contributed by atoms with E-state index in [1.54, 1.807) is 0 Å². The van der Waals surface area contributed by atoms with Crippen LogP contribution in [0.4, 0.5) is 23.2 Å². The minimum absolute atomic E-state index is 0.0563. The summed E-state index contributed by atoms with van der Waals surface area (Å²) in [5, 5.41) is 0. The molecule has 2 aromatic rings. The zero-order chi connectivity index (χ0) is 14.0. The van der Waals surface area contributed by atoms with Gasteiger partial charge in [-0.05, 0) is 23.3 Å². The van der Waals surface area contributed by atoms with E-state index in [2.05, 4.69) is 0 Å². The SMILES string of the molecule is Nc1c(F)cccc1Cc1ccccc1C(F)(F)F. The second-order valence-electron chi connectivity index (χ2n) is 4.14. The molecule has 0 saturated heterocycles. The predicted molar refractivity (Wildman–Crippen MR) is 65.1 cm³/mol. The molecule has 19 heavy (non-hydrogen) atoms. The van der Waals surface area contributed by atoms with Gasteiger partial charge in [-0.3, -0.25) is 0 Å². The average Bonchev–Trinajstić information content (AvgIpc) is 2.34. The summed E-state index contributed by atoms with van der Waals surface area (Å²) in [6.07, 6.45) is -4.49. The van der Waals surface area contributed by atoms with Crippen molar-refractivity contribution in [2.75, 3.05) is 5.73 Å². The molecule has 100 valence electrons. The number of para-hydroxylation sites is 1. The minimum atomic E-state index is -4.43. The third-order valence-electron chi connectivity index (χ3n) is 2.85. The molecule has 0 aliphatic heterocycles. The first-order valence-electron chi connectivity index (χ1n) is 5.57. The van der Waals surface area contributed by atoms with Gasteiger partial charge in [0, 0.05) is 6.42 Å². The molecular formula is C14H11F4N. The molecule has 0 spiro atoms. The Morgan fingerprint density at radius 2 is 1.53 bits per heavy atom. The van der Waals surface area contributed by atoms with Crippen molar-refractivity contribution in [2.24, 2.45) is 0 Å². The van der Waals surface area contributed by atoms with Crippen LogP contribution < -0.4 is 5.73 Å². The quantitative estimate of drug-likeness (QED) is 0.646. The summed E-state index contributed by atoms with van der Waals surface area (Å²) in [5.74, 6) is -0.623. The average molecular weight is 269 g/mol. The van der Waals surface area contributed by atoms with E-state index in [0.29, 0.717) is 5.56 Å². The van der Waals surface area contributed by atoms with E-state index < -0.39 is 17.6 Å². The molecule has 0 saturated carbocycles. The lowest BCUT2D eigenvalue weighted by Crippen LogP contribution is -2.10. The standard InChI is InChI=1S/C14H11F4N/c15-12-7-3-5-10(13(12)19)8-9-4-1-2-6-11(9)14(16,17)18/h1-7H,8,19H2. The number of hydrogen-bond acceptors (Lipinski definition) is 1. The zero-order valence-electron chi connectivity index (χ0n) is 9.84. The van der Waals surface area contributed by atoms with Crippen LogP contribution >= 0.6 is 0 Å². The van der Waals surface area contributed by atoms with Crippen molar-refractivity contribution in [1.82, 2.24) is 0 Å². The highest BCUT2D eigenvalue weighted by molar-refractivity contribution is 5.50. The van der Waals surface area contributed by atoms with Crippen LogP contribution in [-0.2, 0) is 12.6 Å². The molecule has 0 aliphatic carbocycles. The van der Waals surface area contributed by atoms with Crippen LogP contribution in [0.5, 0.6) is 0 Å². The highest BCUT2D eigenvalue weighted by Crippen LogP contribution is 2.33. The summed E-state index contributed by atoms with van der Waals surface area (Å²) in [6, 6.07) is 9.33. The van der Waals surface area contributed by atoms with E-state index in [-0.39, 0.29) is 17.7 Å². The van der Waals surface area contributed by atoms with Crippen LogP contribution in [0.3, 0.4) is 0 Å². The molecule has 0 unspecified atom stereocenters. The van der Waals surface area contributed by atoms with Gasteiger partial charge in [-0.15, -0.1) is 0 Å². The number of benzene rings is 2. The van der Waals surface area contributed by atoms with Gasteiger partial charge in [0.05, 0.1) is 11.3 Å². The summed E-state index contributed by atoms with van der Waals surface area (Å²) in [6.45, 7) is 0. The number of nitrogen functional groups attached to an aromatic ring is 1. The maximum Gasteiger partial charge on any atom is 0.416 e. The van der Waals surface area contributed by atoms with Crippen molar-refractivity contribution in [3.05, 3.63) is 65.0 Å². The minimum Gasteiger partial charge on any atom is -0.396 e. The number of alkyl halides is 3. The third kappa shape index (κ3) is 2.86. The maximum absolute atomic E-state index is 13.3. The molecule has 1 nitrogen and oxygen atoms in total. The molecule has 0 heterocycles. The maximum atomic E-state index is 13.3. The smallest absolute Gasteiger partial charge is 0.396 e. The Kier molecular flexibility index (Phi) is 3.46. The molecule has 0 fully saturated rings. The number of hydrogen-bond donors (Lipinski definition) is 1. The molecular weight excluding hydrogens is 258 g/mol. The van der Waals surface area contributed by atoms with E-state index in [0.717, 1.165) is 6.07 Å². The summed E-state index contributed by atoms with van der Waals surface area (Å²) >= 11 is 0. The van der Waals surface area contributed by atoms with Crippen molar-refractivity contribution in [1.29, 1.82) is 0 Å². The van der Waals surface area contributed by atoms with Crippen LogP contribution in [0, 0.1) is 5.82 Å². The van der Waals surface area contributed by atoms with Crippen LogP contribution in [0.15, 0.2) is 42.5 Å². The fourth-order valence-corrected chi connectivity index (χ4v) is 1.89. The van der Waals surface area contributed by atoms with Gasteiger partial charge < -0.3 is 5.73 Å². The molecule has 0 aromatic heterocycles. The van der Waals surface area contributed by atoms with Crippen LogP contribution in [-0.4, -0.2) is 0 Å². The molecule has 2 N–H and O–H groups in total. The lowest BCUT2D eigenvalue weighted by atomic mass is 9.98. The first-order valence-corrected chi connectivity index (χ1v) is 5.57. The number of anilines is 1. The monoisotopic (exact) mass is 269 g/mol. The molecule has 2 rings (SSSR count). The topological polar surface area (TPSA) is 26.0 Å². The lowest BCUT2D eigenvalue weighted by Gasteiger charge is -2.13. The number of halogens is 4. The second-order valence-corrected chi connectivity index (χ2v) is 4.14. The first kappa shape index (κ1) is 13.4. The van der Waals surface area contributed by atoms with Crippen LogP contribution in [0.1, 0.15) is 16.7 Å². The molecule has 0 amide bonds. The lowest BCUT2D eigenvalue weighted by molar-refractivity contribution is -0.138. The van der Waals surface area contributed by atoms with Gasteiger partial charge in [-0.1, -0.05) is 30.3 Å². The fourth-order valence-electron chi connectivity index (χ4n) is 1.89. The largest absolute Gasteiger partial charge is 0.416 e. The van der Waals surface area contributed by atoms with Gasteiger partial charge in [-0.25, -0.2) is 4.39 Å². The molecule has 0 aliphatic rings. The number of nitrogens with two attached hydrogens (primary N) is 1. The molecule has 2 aromatic carbocycles. The van der Waals surface area contributed by atoms with Gasteiger partial charge in [0.25, 0.3) is 0 Å². The highest BCUT2D eigenvalue weighted by Gasteiger charge is 2.32. The van der Waals surface area contributed by atoms with E-state index in [1.165, 1.54) is 36.4 Å². The summed E-state index contributed by atoms with van der Waals surface area (Å²) in [5.41, 5.74) is 5.12. The summed E-state index contributed by atoms with van der Waals surface area (Å²) < 4.78 is 51.7. The Hall–Kier alpha value is -2.04. The number of rotatable bonds is 2. The van der Waals surface area contributed by atoms with E-state index in [1.807, 2.05) is 0 Å². The van der Waals surface area contributed by atoms with Gasteiger partial charge in [0.2, 0.25) is 0 Å². The van der Waals surface area contributed by atoms with Crippen molar-refractivity contribution >= 4 is 5.69 Å². The Morgan fingerprint density at radius 1 is 0.895 bits per heavy atom. The van der Waals surface area contributed by atoms with Crippen LogP contribution in [0.2, 0.25) is 0 Å². The van der Waals surface area contributed by atoms with Crippen molar-refractivity contribution < 1.29 is 17.6 Å². The van der Waals surface area contributed by atoms with Crippen LogP contribution in [0.25, 0.3) is 0 Å². The predicted octanol–water partition coefficient (Wildman–Crippen LogP) is 4.02. The Morgan fingerprint density at radius 3 is 2.21 bits per heavy atom. The normalized spacial score (nSPS) is 11.6. The third-order valence-corrected chi connectivity index (χ3v) is 2.85. The fraction of sp³-hybridized carbons (Fsp3) is 0.143.